The number of piperazine rings is 1. The molecule has 0 atom stereocenters. The molecule has 1 aliphatic rings. The Morgan fingerprint density at radius 2 is 1.85 bits per heavy atom. The van der Waals surface area contributed by atoms with Gasteiger partial charge in [0.05, 0.1) is 29.4 Å². The molecule has 1 aromatic carbocycles. The number of furan rings is 1. The zero-order chi connectivity index (χ0) is 23.1. The highest BCUT2D eigenvalue weighted by atomic mass is 16.5. The molecule has 0 unspecified atom stereocenters. The Kier molecular flexibility index (Phi) is 5.28. The second-order valence-corrected chi connectivity index (χ2v) is 8.31. The van der Waals surface area contributed by atoms with Crippen molar-refractivity contribution in [3.63, 3.8) is 0 Å². The number of anilines is 1. The Morgan fingerprint density at radius 3 is 2.55 bits per heavy atom. The summed E-state index contributed by atoms with van der Waals surface area (Å²) in [6, 6.07) is 11.8. The third kappa shape index (κ3) is 3.82. The van der Waals surface area contributed by atoms with Gasteiger partial charge in [-0.3, -0.25) is 4.79 Å². The van der Waals surface area contributed by atoms with Crippen LogP contribution in [0, 0.1) is 20.8 Å². The summed E-state index contributed by atoms with van der Waals surface area (Å²) in [6.45, 7) is 8.32. The molecule has 4 aromatic rings. The van der Waals surface area contributed by atoms with Crippen LogP contribution >= 0.6 is 0 Å². The normalized spacial score (nSPS) is 14.2. The van der Waals surface area contributed by atoms with E-state index in [9.17, 15) is 4.79 Å². The third-order valence-electron chi connectivity index (χ3n) is 6.15. The molecule has 1 fully saturated rings. The summed E-state index contributed by atoms with van der Waals surface area (Å²) in [6.07, 6.45) is 0. The van der Waals surface area contributed by atoms with Crippen LogP contribution in [0.5, 0.6) is 5.75 Å². The highest BCUT2D eigenvalue weighted by Gasteiger charge is 2.27. The van der Waals surface area contributed by atoms with Gasteiger partial charge in [-0.2, -0.15) is 0 Å². The van der Waals surface area contributed by atoms with Crippen molar-refractivity contribution in [3.05, 3.63) is 59.2 Å². The number of carbonyl (C=O) groups excluding carboxylic acids is 1. The first-order chi connectivity index (χ1) is 15.9. The molecule has 170 valence electrons. The van der Waals surface area contributed by atoms with E-state index >= 15 is 0 Å². The van der Waals surface area contributed by atoms with Gasteiger partial charge in [0, 0.05) is 43.5 Å². The molecule has 0 radical (unpaired) electrons. The van der Waals surface area contributed by atoms with E-state index in [1.807, 2.05) is 56.0 Å². The second kappa shape index (κ2) is 8.27. The minimum Gasteiger partial charge on any atom is -0.497 e. The van der Waals surface area contributed by atoms with Crippen LogP contribution in [-0.4, -0.2) is 54.2 Å². The maximum absolute atomic E-state index is 13.6. The number of nitrogens with zero attached hydrogens (tertiary/aromatic N) is 4. The first-order valence-corrected chi connectivity index (χ1v) is 11.0. The van der Waals surface area contributed by atoms with Crippen LogP contribution < -0.4 is 9.64 Å². The summed E-state index contributed by atoms with van der Waals surface area (Å²) in [5.41, 5.74) is 4.16. The molecular formula is C25H26N4O4. The van der Waals surface area contributed by atoms with E-state index in [-0.39, 0.29) is 5.91 Å². The van der Waals surface area contributed by atoms with E-state index in [4.69, 9.17) is 13.7 Å². The van der Waals surface area contributed by atoms with Crippen molar-refractivity contribution in [3.8, 4) is 17.0 Å². The van der Waals surface area contributed by atoms with Crippen LogP contribution in [0.3, 0.4) is 0 Å². The minimum atomic E-state index is -0.0434. The number of aromatic nitrogens is 2. The lowest BCUT2D eigenvalue weighted by atomic mass is 10.0. The summed E-state index contributed by atoms with van der Waals surface area (Å²) in [5, 5.41) is 4.73. The molecule has 0 spiro atoms. The Balaban J connectivity index is 1.44. The van der Waals surface area contributed by atoms with Crippen molar-refractivity contribution in [2.24, 2.45) is 0 Å². The number of carbonyl (C=O) groups is 1. The van der Waals surface area contributed by atoms with Crippen molar-refractivity contribution in [2.45, 2.75) is 20.8 Å². The molecule has 3 aromatic heterocycles. The number of hydrogen-bond donors (Lipinski definition) is 0. The molecule has 8 heteroatoms. The van der Waals surface area contributed by atoms with E-state index < -0.39 is 0 Å². The van der Waals surface area contributed by atoms with Crippen molar-refractivity contribution < 1.29 is 18.5 Å². The zero-order valence-corrected chi connectivity index (χ0v) is 19.2. The number of methoxy groups -OCH3 is 1. The van der Waals surface area contributed by atoms with Gasteiger partial charge in [0.15, 0.2) is 0 Å². The van der Waals surface area contributed by atoms with Crippen molar-refractivity contribution in [1.29, 1.82) is 0 Å². The van der Waals surface area contributed by atoms with E-state index in [1.54, 1.807) is 7.11 Å². The van der Waals surface area contributed by atoms with E-state index in [0.29, 0.717) is 41.1 Å². The van der Waals surface area contributed by atoms with Gasteiger partial charge < -0.3 is 23.5 Å². The minimum absolute atomic E-state index is 0.0434. The maximum atomic E-state index is 13.6. The predicted molar refractivity (Wildman–Crippen MR) is 125 cm³/mol. The van der Waals surface area contributed by atoms with Crippen LogP contribution in [0.4, 0.5) is 5.69 Å². The molecule has 8 nitrogen and oxygen atoms in total. The molecular weight excluding hydrogens is 420 g/mol. The molecule has 0 N–H and O–H groups in total. The number of benzene rings is 1. The smallest absolute Gasteiger partial charge is 0.259 e. The molecule has 0 saturated carbocycles. The van der Waals surface area contributed by atoms with E-state index in [2.05, 4.69) is 21.1 Å². The van der Waals surface area contributed by atoms with Gasteiger partial charge in [-0.1, -0.05) is 11.2 Å². The fraction of sp³-hybridized carbons (Fsp3) is 0.320. The van der Waals surface area contributed by atoms with E-state index in [1.165, 1.54) is 0 Å². The standard InChI is InChI=1S/C25H26N4O4/c1-15-12-20(17(3)32-15)22-14-21(23-16(2)27-33-24(23)26-22)25(30)29-10-8-28(9-11-29)18-6-5-7-19(13-18)31-4/h5-7,12-14H,8-11H2,1-4H3. The Labute approximate surface area is 191 Å². The van der Waals surface area contributed by atoms with Crippen LogP contribution in [0.2, 0.25) is 0 Å². The molecule has 0 aliphatic carbocycles. The molecule has 5 rings (SSSR count). The van der Waals surface area contributed by atoms with Crippen LogP contribution in [0.1, 0.15) is 27.6 Å². The quantitative estimate of drug-likeness (QED) is 0.460. The van der Waals surface area contributed by atoms with Crippen LogP contribution in [-0.2, 0) is 0 Å². The SMILES string of the molecule is COc1cccc(N2CCN(C(=O)c3cc(-c4cc(C)oc4C)nc4onc(C)c34)CC2)c1. The topological polar surface area (TPSA) is 84.8 Å². The number of rotatable bonds is 4. The van der Waals surface area contributed by atoms with Crippen LogP contribution in [0.15, 0.2) is 45.3 Å². The van der Waals surface area contributed by atoms with Crippen molar-refractivity contribution in [1.82, 2.24) is 15.0 Å². The number of aryl methyl sites for hydroxylation is 3. The highest BCUT2D eigenvalue weighted by molar-refractivity contribution is 6.07. The number of ether oxygens (including phenoxy) is 1. The summed E-state index contributed by atoms with van der Waals surface area (Å²) in [5.74, 6) is 2.32. The predicted octanol–water partition coefficient (Wildman–Crippen LogP) is 4.38. The van der Waals surface area contributed by atoms with Gasteiger partial charge in [-0.15, -0.1) is 0 Å². The number of fused-ring (bicyclic) bond motifs is 1. The largest absolute Gasteiger partial charge is 0.497 e. The van der Waals surface area contributed by atoms with Gasteiger partial charge >= 0.3 is 0 Å². The molecule has 1 aliphatic heterocycles. The molecule has 1 saturated heterocycles. The Morgan fingerprint density at radius 1 is 1.06 bits per heavy atom. The maximum Gasteiger partial charge on any atom is 0.259 e. The van der Waals surface area contributed by atoms with Gasteiger partial charge in [0.2, 0.25) is 0 Å². The fourth-order valence-corrected chi connectivity index (χ4v) is 4.43. The monoisotopic (exact) mass is 446 g/mol. The lowest BCUT2D eigenvalue weighted by molar-refractivity contribution is 0.0748. The molecule has 1 amide bonds. The van der Waals surface area contributed by atoms with Crippen molar-refractivity contribution in [2.75, 3.05) is 38.2 Å². The van der Waals surface area contributed by atoms with Gasteiger partial charge in [-0.05, 0) is 45.0 Å². The van der Waals surface area contributed by atoms with Crippen LogP contribution in [0.25, 0.3) is 22.4 Å². The average molecular weight is 447 g/mol. The first kappa shape index (κ1) is 21.1. The fourth-order valence-electron chi connectivity index (χ4n) is 4.43. The summed E-state index contributed by atoms with van der Waals surface area (Å²) < 4.78 is 16.5. The van der Waals surface area contributed by atoms with Gasteiger partial charge in [0.1, 0.15) is 17.3 Å². The first-order valence-electron chi connectivity index (χ1n) is 11.0. The van der Waals surface area contributed by atoms with E-state index in [0.717, 1.165) is 41.6 Å². The van der Waals surface area contributed by atoms with Crippen molar-refractivity contribution >= 4 is 22.7 Å². The lowest BCUT2D eigenvalue weighted by Crippen LogP contribution is -2.48. The highest BCUT2D eigenvalue weighted by Crippen LogP contribution is 2.31. The molecule has 33 heavy (non-hydrogen) atoms. The number of hydrogen-bond acceptors (Lipinski definition) is 7. The summed E-state index contributed by atoms with van der Waals surface area (Å²) >= 11 is 0. The second-order valence-electron chi connectivity index (χ2n) is 8.31. The average Bonchev–Trinajstić information content (AvgIpc) is 3.39. The molecule has 0 bridgehead atoms. The van der Waals surface area contributed by atoms with Gasteiger partial charge in [0.25, 0.3) is 11.6 Å². The zero-order valence-electron chi connectivity index (χ0n) is 19.2. The number of pyridine rings is 1. The summed E-state index contributed by atoms with van der Waals surface area (Å²) in [4.78, 5) is 22.4. The number of amides is 1. The Hall–Kier alpha value is -3.81. The lowest BCUT2D eigenvalue weighted by Gasteiger charge is -2.36. The molecule has 4 heterocycles. The third-order valence-corrected chi connectivity index (χ3v) is 6.15. The Bertz CT molecular complexity index is 1330. The van der Waals surface area contributed by atoms with Gasteiger partial charge in [-0.25, -0.2) is 4.98 Å². The summed E-state index contributed by atoms with van der Waals surface area (Å²) in [7, 11) is 1.67.